The van der Waals surface area contributed by atoms with Crippen LogP contribution in [0.15, 0.2) is 18.2 Å². The summed E-state index contributed by atoms with van der Waals surface area (Å²) in [6, 6.07) is 3.61. The van der Waals surface area contributed by atoms with Crippen LogP contribution in [-0.2, 0) is 19.5 Å². The molecule has 0 aliphatic carbocycles. The molecule has 0 spiro atoms. The smallest absolute Gasteiger partial charge is 0.133 e. The van der Waals surface area contributed by atoms with E-state index in [-0.39, 0.29) is 6.42 Å². The molecule has 2 heterocycles. The summed E-state index contributed by atoms with van der Waals surface area (Å²) in [5.41, 5.74) is 3.58. The summed E-state index contributed by atoms with van der Waals surface area (Å²) in [5, 5.41) is 3.27. The molecule has 1 aliphatic heterocycles. The van der Waals surface area contributed by atoms with Gasteiger partial charge in [-0.3, -0.25) is 0 Å². The van der Waals surface area contributed by atoms with Gasteiger partial charge < -0.3 is 5.32 Å². The molecule has 0 saturated heterocycles. The molecule has 0 radical (unpaired) electrons. The number of halogens is 2. The van der Waals surface area contributed by atoms with Gasteiger partial charge in [0.05, 0.1) is 11.4 Å². The Hall–Kier alpha value is -1.88. The van der Waals surface area contributed by atoms with Crippen LogP contribution >= 0.6 is 0 Å². The Balaban J connectivity index is 1.97. The highest BCUT2D eigenvalue weighted by atomic mass is 19.1. The molecule has 110 valence electrons. The van der Waals surface area contributed by atoms with Crippen molar-refractivity contribution in [3.05, 3.63) is 58.2 Å². The zero-order valence-electron chi connectivity index (χ0n) is 12.1. The minimum absolute atomic E-state index is 0.277. The molecule has 5 heteroatoms. The van der Waals surface area contributed by atoms with Gasteiger partial charge in [-0.2, -0.15) is 0 Å². The van der Waals surface area contributed by atoms with Gasteiger partial charge in [-0.25, -0.2) is 18.7 Å². The van der Waals surface area contributed by atoms with Crippen LogP contribution in [0.4, 0.5) is 8.78 Å². The average molecular weight is 289 g/mol. The molecule has 0 amide bonds. The molecule has 21 heavy (non-hydrogen) atoms. The lowest BCUT2D eigenvalue weighted by atomic mass is 10.0. The first kappa shape index (κ1) is 14.1. The molecule has 0 saturated carbocycles. The van der Waals surface area contributed by atoms with Gasteiger partial charge in [-0.05, 0) is 17.5 Å². The lowest BCUT2D eigenvalue weighted by Gasteiger charge is -2.12. The van der Waals surface area contributed by atoms with Crippen LogP contribution in [0.25, 0.3) is 0 Å². The number of aromatic nitrogens is 2. The minimum atomic E-state index is -0.571. The Morgan fingerprint density at radius 2 is 2.00 bits per heavy atom. The molecule has 0 unspecified atom stereocenters. The first-order valence-corrected chi connectivity index (χ1v) is 7.08. The van der Waals surface area contributed by atoms with Crippen LogP contribution in [0.3, 0.4) is 0 Å². The molecule has 0 fully saturated rings. The van der Waals surface area contributed by atoms with Gasteiger partial charge in [0, 0.05) is 31.1 Å². The number of hydrogen-bond acceptors (Lipinski definition) is 3. The van der Waals surface area contributed by atoms with E-state index >= 15 is 0 Å². The molecule has 0 bridgehead atoms. The predicted molar refractivity (Wildman–Crippen MR) is 75.8 cm³/mol. The summed E-state index contributed by atoms with van der Waals surface area (Å²) in [6.07, 6.45) is 0.277. The van der Waals surface area contributed by atoms with Crippen molar-refractivity contribution in [2.24, 2.45) is 0 Å². The number of benzene rings is 1. The molecular weight excluding hydrogens is 272 g/mol. The van der Waals surface area contributed by atoms with E-state index in [0.29, 0.717) is 17.3 Å². The van der Waals surface area contributed by atoms with Crippen LogP contribution < -0.4 is 5.32 Å². The molecule has 0 atom stereocenters. The molecule has 3 nitrogen and oxygen atoms in total. The maximum Gasteiger partial charge on any atom is 0.133 e. The van der Waals surface area contributed by atoms with Gasteiger partial charge in [0.2, 0.25) is 0 Å². The van der Waals surface area contributed by atoms with E-state index in [1.54, 1.807) is 0 Å². The Bertz CT molecular complexity index is 683. The van der Waals surface area contributed by atoms with Crippen molar-refractivity contribution in [3.8, 4) is 0 Å². The van der Waals surface area contributed by atoms with Crippen molar-refractivity contribution >= 4 is 0 Å². The van der Waals surface area contributed by atoms with Gasteiger partial charge in [0.1, 0.15) is 17.5 Å². The Kier molecular flexibility index (Phi) is 3.68. The molecule has 1 aliphatic rings. The molecule has 3 rings (SSSR count). The van der Waals surface area contributed by atoms with E-state index in [0.717, 1.165) is 36.1 Å². The zero-order valence-corrected chi connectivity index (χ0v) is 12.1. The summed E-state index contributed by atoms with van der Waals surface area (Å²) in [5.74, 6) is -0.244. The first-order chi connectivity index (χ1) is 10.0. The fourth-order valence-electron chi connectivity index (χ4n) is 2.64. The Labute approximate surface area is 122 Å². The topological polar surface area (TPSA) is 37.8 Å². The van der Waals surface area contributed by atoms with Crippen LogP contribution in [0, 0.1) is 11.6 Å². The second kappa shape index (κ2) is 5.48. The zero-order chi connectivity index (χ0) is 15.0. The van der Waals surface area contributed by atoms with Gasteiger partial charge in [-0.1, -0.05) is 19.9 Å². The highest BCUT2D eigenvalue weighted by Gasteiger charge is 2.21. The summed E-state index contributed by atoms with van der Waals surface area (Å²) in [6.45, 7) is 5.68. The molecule has 1 aromatic heterocycles. The standard InChI is InChI=1S/C16H17F2N3/c1-9(2)16-12-7-19-8-14(12)20-15(21-16)5-10-3-4-11(17)6-13(10)18/h3-4,6,9,19H,5,7-8H2,1-2H3. The third-order valence-electron chi connectivity index (χ3n) is 3.68. The largest absolute Gasteiger partial charge is 0.307 e. The lowest BCUT2D eigenvalue weighted by Crippen LogP contribution is -2.08. The highest BCUT2D eigenvalue weighted by molar-refractivity contribution is 5.32. The molecular formula is C16H17F2N3. The quantitative estimate of drug-likeness (QED) is 0.943. The average Bonchev–Trinajstić information content (AvgIpc) is 2.89. The van der Waals surface area contributed by atoms with Crippen molar-refractivity contribution in [2.75, 3.05) is 0 Å². The summed E-state index contributed by atoms with van der Waals surface area (Å²) in [7, 11) is 0. The Morgan fingerprint density at radius 1 is 1.19 bits per heavy atom. The molecule has 2 aromatic rings. The highest BCUT2D eigenvalue weighted by Crippen LogP contribution is 2.24. The third-order valence-corrected chi connectivity index (χ3v) is 3.68. The van der Waals surface area contributed by atoms with Crippen molar-refractivity contribution in [2.45, 2.75) is 39.3 Å². The summed E-state index contributed by atoms with van der Waals surface area (Å²) in [4.78, 5) is 9.11. The first-order valence-electron chi connectivity index (χ1n) is 7.08. The van der Waals surface area contributed by atoms with E-state index in [4.69, 9.17) is 0 Å². The normalized spacial score (nSPS) is 13.8. The van der Waals surface area contributed by atoms with Gasteiger partial charge in [-0.15, -0.1) is 0 Å². The van der Waals surface area contributed by atoms with E-state index in [2.05, 4.69) is 29.1 Å². The van der Waals surface area contributed by atoms with Crippen molar-refractivity contribution < 1.29 is 8.78 Å². The van der Waals surface area contributed by atoms with Crippen molar-refractivity contribution in [1.29, 1.82) is 0 Å². The second-order valence-corrected chi connectivity index (χ2v) is 5.62. The van der Waals surface area contributed by atoms with E-state index in [1.165, 1.54) is 12.1 Å². The second-order valence-electron chi connectivity index (χ2n) is 5.62. The summed E-state index contributed by atoms with van der Waals surface area (Å²) < 4.78 is 26.7. The SMILES string of the molecule is CC(C)c1nc(Cc2ccc(F)cc2F)nc2c1CNC2. The predicted octanol–water partition coefficient (Wildman–Crippen LogP) is 3.07. The lowest BCUT2D eigenvalue weighted by molar-refractivity contribution is 0.573. The summed E-state index contributed by atoms with van der Waals surface area (Å²) >= 11 is 0. The molecule has 1 N–H and O–H groups in total. The fraction of sp³-hybridized carbons (Fsp3) is 0.375. The maximum atomic E-state index is 13.8. The van der Waals surface area contributed by atoms with Gasteiger partial charge >= 0.3 is 0 Å². The number of hydrogen-bond donors (Lipinski definition) is 1. The van der Waals surface area contributed by atoms with Crippen LogP contribution in [0.5, 0.6) is 0 Å². The minimum Gasteiger partial charge on any atom is -0.307 e. The number of nitrogens with zero attached hydrogens (tertiary/aromatic N) is 2. The number of fused-ring (bicyclic) bond motifs is 1. The van der Waals surface area contributed by atoms with Crippen LogP contribution in [-0.4, -0.2) is 9.97 Å². The van der Waals surface area contributed by atoms with Crippen LogP contribution in [0.1, 0.15) is 48.1 Å². The number of rotatable bonds is 3. The third kappa shape index (κ3) is 2.78. The maximum absolute atomic E-state index is 13.8. The van der Waals surface area contributed by atoms with Gasteiger partial charge in [0.15, 0.2) is 0 Å². The van der Waals surface area contributed by atoms with Crippen molar-refractivity contribution in [1.82, 2.24) is 15.3 Å². The number of nitrogens with one attached hydrogen (secondary N) is 1. The van der Waals surface area contributed by atoms with E-state index in [9.17, 15) is 8.78 Å². The van der Waals surface area contributed by atoms with Crippen LogP contribution in [0.2, 0.25) is 0 Å². The fourth-order valence-corrected chi connectivity index (χ4v) is 2.64. The van der Waals surface area contributed by atoms with Crippen molar-refractivity contribution in [3.63, 3.8) is 0 Å². The van der Waals surface area contributed by atoms with E-state index in [1.807, 2.05) is 0 Å². The van der Waals surface area contributed by atoms with E-state index < -0.39 is 11.6 Å². The monoisotopic (exact) mass is 289 g/mol. The Morgan fingerprint density at radius 3 is 2.71 bits per heavy atom. The molecule has 1 aromatic carbocycles. The van der Waals surface area contributed by atoms with Gasteiger partial charge in [0.25, 0.3) is 0 Å².